The van der Waals surface area contributed by atoms with Crippen LogP contribution in [0.4, 0.5) is 30.5 Å². The molecule has 0 atom stereocenters. The Hall–Kier alpha value is -4.73. The van der Waals surface area contributed by atoms with Crippen LogP contribution >= 0.6 is 0 Å². The standard InChI is InChI=1S/C26H19F3N6O/c1-15-12-19(32-24(36)16-4-2-6-18(13-16)26(27,28)29)7-8-20(15)33-25-34-21-9-11-31-23(21)22(35-25)17-5-3-10-30-14-17/h2-14,31H,1H3,(H,32,36)(H,33,34,35). The number of carbonyl (C=O) groups is 1. The minimum absolute atomic E-state index is 0.0826. The number of aromatic amines is 1. The summed E-state index contributed by atoms with van der Waals surface area (Å²) in [7, 11) is 0. The number of hydrogen-bond acceptors (Lipinski definition) is 5. The van der Waals surface area contributed by atoms with Crippen molar-refractivity contribution in [1.82, 2.24) is 19.9 Å². The number of alkyl halides is 3. The fourth-order valence-electron chi connectivity index (χ4n) is 3.75. The molecule has 36 heavy (non-hydrogen) atoms. The Morgan fingerprint density at radius 1 is 1.00 bits per heavy atom. The monoisotopic (exact) mass is 488 g/mol. The Morgan fingerprint density at radius 2 is 1.86 bits per heavy atom. The van der Waals surface area contributed by atoms with Crippen molar-refractivity contribution in [2.75, 3.05) is 10.6 Å². The SMILES string of the molecule is Cc1cc(NC(=O)c2cccc(C(F)(F)F)c2)ccc1Nc1nc(-c2cccnc2)c2[nH]ccc2n1. The minimum Gasteiger partial charge on any atom is -0.358 e. The van der Waals surface area contributed by atoms with Gasteiger partial charge in [0.25, 0.3) is 5.91 Å². The average Bonchev–Trinajstić information content (AvgIpc) is 3.34. The zero-order valence-electron chi connectivity index (χ0n) is 18.9. The maximum absolute atomic E-state index is 13.0. The number of aryl methyl sites for hydroxylation is 1. The Bertz CT molecular complexity index is 1560. The van der Waals surface area contributed by atoms with Gasteiger partial charge in [0.05, 0.1) is 16.6 Å². The van der Waals surface area contributed by atoms with Crippen LogP contribution < -0.4 is 10.6 Å². The lowest BCUT2D eigenvalue weighted by molar-refractivity contribution is -0.137. The fourth-order valence-corrected chi connectivity index (χ4v) is 3.75. The number of anilines is 3. The van der Waals surface area contributed by atoms with Gasteiger partial charge in [0.1, 0.15) is 5.69 Å². The number of pyridine rings is 1. The van der Waals surface area contributed by atoms with E-state index in [-0.39, 0.29) is 5.56 Å². The quantitative estimate of drug-likeness (QED) is 0.268. The van der Waals surface area contributed by atoms with E-state index in [1.165, 1.54) is 12.1 Å². The summed E-state index contributed by atoms with van der Waals surface area (Å²) in [6.45, 7) is 1.83. The Labute approximate surface area is 203 Å². The second-order valence-electron chi connectivity index (χ2n) is 8.06. The molecule has 3 N–H and O–H groups in total. The third-order valence-corrected chi connectivity index (χ3v) is 5.52. The van der Waals surface area contributed by atoms with Crippen LogP contribution in [0.15, 0.2) is 79.3 Å². The third-order valence-electron chi connectivity index (χ3n) is 5.52. The number of carbonyl (C=O) groups excluding carboxylic acids is 1. The van der Waals surface area contributed by atoms with Gasteiger partial charge in [-0.05, 0) is 67.1 Å². The molecular weight excluding hydrogens is 469 g/mol. The summed E-state index contributed by atoms with van der Waals surface area (Å²) < 4.78 is 38.9. The van der Waals surface area contributed by atoms with Gasteiger partial charge in [0, 0.05) is 41.1 Å². The normalized spacial score (nSPS) is 11.4. The molecule has 5 rings (SSSR count). The summed E-state index contributed by atoms with van der Waals surface area (Å²) in [5.41, 5.74) is 4.02. The molecule has 0 fully saturated rings. The van der Waals surface area contributed by atoms with E-state index >= 15 is 0 Å². The number of benzene rings is 2. The van der Waals surface area contributed by atoms with Gasteiger partial charge < -0.3 is 15.6 Å². The van der Waals surface area contributed by atoms with E-state index in [1.807, 2.05) is 25.1 Å². The molecule has 3 heterocycles. The highest BCUT2D eigenvalue weighted by Gasteiger charge is 2.30. The number of halogens is 3. The molecule has 0 aliphatic carbocycles. The Morgan fingerprint density at radius 3 is 2.61 bits per heavy atom. The maximum Gasteiger partial charge on any atom is 0.416 e. The molecule has 0 saturated heterocycles. The van der Waals surface area contributed by atoms with Gasteiger partial charge in [-0.25, -0.2) is 9.97 Å². The minimum atomic E-state index is -4.53. The highest BCUT2D eigenvalue weighted by atomic mass is 19.4. The lowest BCUT2D eigenvalue weighted by Crippen LogP contribution is -2.14. The van der Waals surface area contributed by atoms with E-state index in [0.29, 0.717) is 23.0 Å². The molecule has 10 heteroatoms. The summed E-state index contributed by atoms with van der Waals surface area (Å²) >= 11 is 0. The van der Waals surface area contributed by atoms with Crippen molar-refractivity contribution in [1.29, 1.82) is 0 Å². The van der Waals surface area contributed by atoms with Crippen LogP contribution in [-0.4, -0.2) is 25.8 Å². The van der Waals surface area contributed by atoms with Crippen molar-refractivity contribution in [2.45, 2.75) is 13.1 Å². The van der Waals surface area contributed by atoms with E-state index in [0.717, 1.165) is 34.3 Å². The largest absolute Gasteiger partial charge is 0.416 e. The molecule has 0 spiro atoms. The summed E-state index contributed by atoms with van der Waals surface area (Å²) in [5.74, 6) is -0.256. The van der Waals surface area contributed by atoms with Crippen molar-refractivity contribution in [3.8, 4) is 11.3 Å². The maximum atomic E-state index is 13.0. The molecule has 0 unspecified atom stereocenters. The highest BCUT2D eigenvalue weighted by Crippen LogP contribution is 2.30. The van der Waals surface area contributed by atoms with Gasteiger partial charge in [0.2, 0.25) is 5.95 Å². The van der Waals surface area contributed by atoms with Crippen molar-refractivity contribution >= 4 is 34.3 Å². The van der Waals surface area contributed by atoms with Crippen LogP contribution in [0.1, 0.15) is 21.5 Å². The predicted octanol–water partition coefficient (Wildman–Crippen LogP) is 6.34. The van der Waals surface area contributed by atoms with E-state index < -0.39 is 17.6 Å². The zero-order chi connectivity index (χ0) is 25.3. The Balaban J connectivity index is 1.37. The highest BCUT2D eigenvalue weighted by molar-refractivity contribution is 6.04. The predicted molar refractivity (Wildman–Crippen MR) is 131 cm³/mol. The van der Waals surface area contributed by atoms with Crippen molar-refractivity contribution in [2.24, 2.45) is 0 Å². The average molecular weight is 488 g/mol. The number of nitrogens with zero attached hydrogens (tertiary/aromatic N) is 3. The van der Waals surface area contributed by atoms with Crippen molar-refractivity contribution in [3.05, 3.63) is 95.9 Å². The van der Waals surface area contributed by atoms with Gasteiger partial charge in [0.15, 0.2) is 0 Å². The molecule has 0 aliphatic heterocycles. The first-order chi connectivity index (χ1) is 17.3. The van der Waals surface area contributed by atoms with Crippen LogP contribution in [0, 0.1) is 6.92 Å². The molecule has 0 bridgehead atoms. The number of rotatable bonds is 5. The van der Waals surface area contributed by atoms with E-state index in [9.17, 15) is 18.0 Å². The molecule has 3 aromatic heterocycles. The number of fused-ring (bicyclic) bond motifs is 1. The molecule has 0 aliphatic rings. The number of amides is 1. The smallest absolute Gasteiger partial charge is 0.358 e. The number of aromatic nitrogens is 4. The summed E-state index contributed by atoms with van der Waals surface area (Å²) in [4.78, 5) is 29.1. The van der Waals surface area contributed by atoms with Crippen LogP contribution in [0.5, 0.6) is 0 Å². The Kier molecular flexibility index (Phi) is 5.85. The van der Waals surface area contributed by atoms with Crippen LogP contribution in [0.3, 0.4) is 0 Å². The van der Waals surface area contributed by atoms with Crippen LogP contribution in [0.2, 0.25) is 0 Å². The summed E-state index contributed by atoms with van der Waals surface area (Å²) in [5, 5.41) is 5.85. The van der Waals surface area contributed by atoms with Gasteiger partial charge in [-0.1, -0.05) is 6.07 Å². The zero-order valence-corrected chi connectivity index (χ0v) is 18.9. The molecular formula is C26H19F3N6O. The van der Waals surface area contributed by atoms with Crippen LogP contribution in [-0.2, 0) is 6.18 Å². The van der Waals surface area contributed by atoms with Gasteiger partial charge >= 0.3 is 6.18 Å². The molecule has 0 radical (unpaired) electrons. The fraction of sp³-hybridized carbons (Fsp3) is 0.0769. The molecule has 1 amide bonds. The molecule has 0 saturated carbocycles. The van der Waals surface area contributed by atoms with Crippen molar-refractivity contribution in [3.63, 3.8) is 0 Å². The second-order valence-corrected chi connectivity index (χ2v) is 8.06. The van der Waals surface area contributed by atoms with E-state index in [2.05, 4.69) is 30.6 Å². The summed E-state index contributed by atoms with van der Waals surface area (Å²) in [6, 6.07) is 15.0. The molecule has 5 aromatic rings. The lowest BCUT2D eigenvalue weighted by Gasteiger charge is -2.13. The lowest BCUT2D eigenvalue weighted by atomic mass is 10.1. The topological polar surface area (TPSA) is 95.6 Å². The van der Waals surface area contributed by atoms with Gasteiger partial charge in [-0.2, -0.15) is 13.2 Å². The second kappa shape index (κ2) is 9.14. The first kappa shape index (κ1) is 23.0. The molecule has 7 nitrogen and oxygen atoms in total. The van der Waals surface area contributed by atoms with E-state index in [1.54, 1.807) is 36.8 Å². The summed E-state index contributed by atoms with van der Waals surface area (Å²) in [6.07, 6.45) is 0.671. The number of H-pyrrole nitrogens is 1. The van der Waals surface area contributed by atoms with Crippen LogP contribution in [0.25, 0.3) is 22.3 Å². The number of nitrogens with one attached hydrogen (secondary N) is 3. The molecule has 2 aromatic carbocycles. The first-order valence-electron chi connectivity index (χ1n) is 10.9. The third kappa shape index (κ3) is 4.74. The number of hydrogen-bond donors (Lipinski definition) is 3. The first-order valence-corrected chi connectivity index (χ1v) is 10.9. The van der Waals surface area contributed by atoms with Crippen molar-refractivity contribution < 1.29 is 18.0 Å². The van der Waals surface area contributed by atoms with Gasteiger partial charge in [-0.15, -0.1) is 0 Å². The van der Waals surface area contributed by atoms with E-state index in [4.69, 9.17) is 0 Å². The van der Waals surface area contributed by atoms with Gasteiger partial charge in [-0.3, -0.25) is 9.78 Å². The molecule has 180 valence electrons.